The summed E-state index contributed by atoms with van der Waals surface area (Å²) in [6.07, 6.45) is -0.784. The van der Waals surface area contributed by atoms with Gasteiger partial charge < -0.3 is 14.8 Å². The molecule has 10 heteroatoms. The molecule has 0 saturated carbocycles. The first kappa shape index (κ1) is 24.6. The van der Waals surface area contributed by atoms with Crippen LogP contribution >= 0.6 is 11.8 Å². The number of carbonyl (C=O) groups is 1. The highest BCUT2D eigenvalue weighted by atomic mass is 32.2. The predicted molar refractivity (Wildman–Crippen MR) is 123 cm³/mol. The van der Waals surface area contributed by atoms with Crippen LogP contribution in [0.2, 0.25) is 0 Å². The van der Waals surface area contributed by atoms with E-state index in [4.69, 9.17) is 9.47 Å². The van der Waals surface area contributed by atoms with Crippen LogP contribution in [0.3, 0.4) is 0 Å². The smallest absolute Gasteiger partial charge is 0.416 e. The molecule has 0 aliphatic carbocycles. The van der Waals surface area contributed by atoms with Gasteiger partial charge in [-0.1, -0.05) is 43.3 Å². The van der Waals surface area contributed by atoms with Crippen molar-refractivity contribution < 1.29 is 27.4 Å². The number of hydrogen-bond donors (Lipinski definition) is 1. The van der Waals surface area contributed by atoms with Crippen LogP contribution in [-0.2, 0) is 17.4 Å². The monoisotopic (exact) mass is 479 g/mol. The molecule has 0 spiro atoms. The minimum atomic E-state index is -4.43. The van der Waals surface area contributed by atoms with Crippen LogP contribution in [-0.4, -0.2) is 36.3 Å². The number of methoxy groups -OCH3 is 1. The zero-order chi connectivity index (χ0) is 23.8. The zero-order valence-corrected chi connectivity index (χ0v) is 19.0. The second-order valence-electron chi connectivity index (χ2n) is 7.26. The highest BCUT2D eigenvalue weighted by molar-refractivity contribution is 8.15. The fourth-order valence-corrected chi connectivity index (χ4v) is 4.00. The number of alkyl halides is 3. The molecule has 1 heterocycles. The Morgan fingerprint density at radius 2 is 2.00 bits per heavy atom. The summed E-state index contributed by atoms with van der Waals surface area (Å²) in [5.74, 6) is 0.902. The first-order valence-corrected chi connectivity index (χ1v) is 11.2. The maximum atomic E-state index is 12.9. The van der Waals surface area contributed by atoms with E-state index < -0.39 is 17.0 Å². The van der Waals surface area contributed by atoms with Gasteiger partial charge in [0.25, 0.3) is 0 Å². The normalized spacial score (nSPS) is 17.5. The summed E-state index contributed by atoms with van der Waals surface area (Å²) in [5.41, 5.74) is 0.420. The van der Waals surface area contributed by atoms with Crippen LogP contribution in [0.4, 0.5) is 13.2 Å². The lowest BCUT2D eigenvalue weighted by Gasteiger charge is -2.10. The molecule has 2 aromatic carbocycles. The van der Waals surface area contributed by atoms with Crippen molar-refractivity contribution in [3.63, 3.8) is 0 Å². The molecule has 1 aliphatic rings. The number of halogens is 3. The highest BCUT2D eigenvalue weighted by Gasteiger charge is 2.33. The molecule has 3 rings (SSSR count). The predicted octanol–water partition coefficient (Wildman–Crippen LogP) is 5.06. The van der Waals surface area contributed by atoms with Crippen molar-refractivity contribution in [1.82, 2.24) is 5.32 Å². The van der Waals surface area contributed by atoms with E-state index in [0.717, 1.165) is 42.3 Å². The van der Waals surface area contributed by atoms with Gasteiger partial charge in [0.05, 0.1) is 30.7 Å². The molecule has 1 N–H and O–H groups in total. The SMILES string of the molecule is CCCCOc1ccc(/C=N/N=C2\NC(=O)C(Cc3cccc(C(F)(F)F)c3)S2)cc1OC. The van der Waals surface area contributed by atoms with Gasteiger partial charge in [-0.15, -0.1) is 5.10 Å². The summed E-state index contributed by atoms with van der Waals surface area (Å²) in [7, 11) is 1.55. The zero-order valence-electron chi connectivity index (χ0n) is 18.2. The van der Waals surface area contributed by atoms with Crippen LogP contribution in [0.1, 0.15) is 36.5 Å². The summed E-state index contributed by atoms with van der Waals surface area (Å²) in [4.78, 5) is 12.2. The fourth-order valence-electron chi connectivity index (χ4n) is 3.03. The molecule has 1 unspecified atom stereocenters. The number of thioether (sulfide) groups is 1. The van der Waals surface area contributed by atoms with Gasteiger partial charge in [0.1, 0.15) is 0 Å². The number of nitrogens with one attached hydrogen (secondary N) is 1. The van der Waals surface area contributed by atoms with E-state index in [9.17, 15) is 18.0 Å². The molecular formula is C23H24F3N3O3S. The highest BCUT2D eigenvalue weighted by Crippen LogP contribution is 2.31. The molecule has 0 radical (unpaired) electrons. The molecule has 1 aliphatic heterocycles. The Labute approximate surface area is 194 Å². The molecule has 1 saturated heterocycles. The lowest BCUT2D eigenvalue weighted by molar-refractivity contribution is -0.137. The molecule has 1 amide bonds. The van der Waals surface area contributed by atoms with E-state index in [0.29, 0.717) is 28.8 Å². The van der Waals surface area contributed by atoms with Crippen molar-refractivity contribution in [2.24, 2.45) is 10.2 Å². The first-order valence-electron chi connectivity index (χ1n) is 10.4. The van der Waals surface area contributed by atoms with Gasteiger partial charge in [-0.2, -0.15) is 18.3 Å². The lowest BCUT2D eigenvalue weighted by Crippen LogP contribution is -2.26. The Morgan fingerprint density at radius 3 is 2.73 bits per heavy atom. The van der Waals surface area contributed by atoms with Crippen LogP contribution in [0.25, 0.3) is 0 Å². The number of amidine groups is 1. The summed E-state index contributed by atoms with van der Waals surface area (Å²) >= 11 is 1.13. The van der Waals surface area contributed by atoms with E-state index >= 15 is 0 Å². The van der Waals surface area contributed by atoms with Crippen LogP contribution in [0, 0.1) is 0 Å². The quantitative estimate of drug-likeness (QED) is 0.310. The largest absolute Gasteiger partial charge is 0.493 e. The van der Waals surface area contributed by atoms with Crippen molar-refractivity contribution in [2.45, 2.75) is 37.6 Å². The molecule has 33 heavy (non-hydrogen) atoms. The van der Waals surface area contributed by atoms with E-state index in [1.807, 2.05) is 6.07 Å². The number of carbonyl (C=O) groups excluding carboxylic acids is 1. The number of ether oxygens (including phenoxy) is 2. The Bertz CT molecular complexity index is 1040. The number of unbranched alkanes of at least 4 members (excludes halogenated alkanes) is 1. The Kier molecular flexibility index (Phi) is 8.37. The van der Waals surface area contributed by atoms with Gasteiger partial charge in [0.2, 0.25) is 5.91 Å². The Hall–Kier alpha value is -3.01. The van der Waals surface area contributed by atoms with E-state index in [1.54, 1.807) is 25.3 Å². The van der Waals surface area contributed by atoms with Gasteiger partial charge in [-0.05, 0) is 48.2 Å². The standard InChI is InChI=1S/C23H24F3N3O3S/c1-3-4-10-32-18-9-8-16(12-19(18)31-2)14-27-29-22-28-21(30)20(33-22)13-15-6-5-7-17(11-15)23(24,25)26/h5-9,11-12,14,20H,3-4,10,13H2,1-2H3,(H,28,29,30)/b27-14+. The van der Waals surface area contributed by atoms with E-state index in [1.165, 1.54) is 12.3 Å². The summed E-state index contributed by atoms with van der Waals surface area (Å²) < 4.78 is 49.8. The van der Waals surface area contributed by atoms with Gasteiger partial charge in [-0.25, -0.2) is 0 Å². The maximum Gasteiger partial charge on any atom is 0.416 e. The fraction of sp³-hybridized carbons (Fsp3) is 0.348. The molecule has 1 atom stereocenters. The van der Waals surface area contributed by atoms with Crippen molar-refractivity contribution in [3.05, 3.63) is 59.2 Å². The molecule has 6 nitrogen and oxygen atoms in total. The Morgan fingerprint density at radius 1 is 1.18 bits per heavy atom. The Balaban J connectivity index is 1.62. The van der Waals surface area contributed by atoms with Gasteiger partial charge in [-0.3, -0.25) is 4.79 Å². The molecule has 1 fully saturated rings. The third-order valence-corrected chi connectivity index (χ3v) is 5.82. The second kappa shape index (κ2) is 11.2. The van der Waals surface area contributed by atoms with Gasteiger partial charge >= 0.3 is 6.18 Å². The van der Waals surface area contributed by atoms with Crippen molar-refractivity contribution in [2.75, 3.05) is 13.7 Å². The number of amides is 1. The maximum absolute atomic E-state index is 12.9. The molecule has 0 aromatic heterocycles. The molecule has 0 bridgehead atoms. The third-order valence-electron chi connectivity index (χ3n) is 4.75. The topological polar surface area (TPSA) is 72.3 Å². The molecular weight excluding hydrogens is 455 g/mol. The minimum absolute atomic E-state index is 0.153. The van der Waals surface area contributed by atoms with Gasteiger partial charge in [0, 0.05) is 0 Å². The number of hydrogen-bond acceptors (Lipinski definition) is 6. The van der Waals surface area contributed by atoms with Crippen molar-refractivity contribution in [3.8, 4) is 11.5 Å². The molecule has 176 valence electrons. The number of rotatable bonds is 9. The summed E-state index contributed by atoms with van der Waals surface area (Å²) in [5, 5.41) is 10.3. The average molecular weight is 480 g/mol. The number of nitrogens with zero attached hydrogens (tertiary/aromatic N) is 2. The van der Waals surface area contributed by atoms with Crippen LogP contribution in [0.15, 0.2) is 52.7 Å². The number of benzene rings is 2. The van der Waals surface area contributed by atoms with Crippen LogP contribution < -0.4 is 14.8 Å². The van der Waals surface area contributed by atoms with Crippen LogP contribution in [0.5, 0.6) is 11.5 Å². The summed E-state index contributed by atoms with van der Waals surface area (Å²) in [6.45, 7) is 2.69. The van der Waals surface area contributed by atoms with E-state index in [2.05, 4.69) is 22.4 Å². The lowest BCUT2D eigenvalue weighted by atomic mass is 10.1. The van der Waals surface area contributed by atoms with Crippen molar-refractivity contribution in [1.29, 1.82) is 0 Å². The second-order valence-corrected chi connectivity index (χ2v) is 8.45. The van der Waals surface area contributed by atoms with Crippen molar-refractivity contribution >= 4 is 29.1 Å². The average Bonchev–Trinajstić information content (AvgIpc) is 3.13. The first-order chi connectivity index (χ1) is 15.8. The summed E-state index contributed by atoms with van der Waals surface area (Å²) in [6, 6.07) is 10.3. The minimum Gasteiger partial charge on any atom is -0.493 e. The van der Waals surface area contributed by atoms with Gasteiger partial charge in [0.15, 0.2) is 16.7 Å². The third kappa shape index (κ3) is 6.98. The van der Waals surface area contributed by atoms with E-state index in [-0.39, 0.29) is 12.3 Å². The molecule has 2 aromatic rings.